The summed E-state index contributed by atoms with van der Waals surface area (Å²) >= 11 is 0. The Bertz CT molecular complexity index is 618. The van der Waals surface area contributed by atoms with Gasteiger partial charge in [0.25, 0.3) is 0 Å². The van der Waals surface area contributed by atoms with Gasteiger partial charge in [0.15, 0.2) is 0 Å². The molecule has 0 atom stereocenters. The first-order valence-corrected chi connectivity index (χ1v) is 6.94. The van der Waals surface area contributed by atoms with Gasteiger partial charge in [-0.15, -0.1) is 0 Å². The van der Waals surface area contributed by atoms with Crippen LogP contribution in [0.5, 0.6) is 0 Å². The molecule has 1 aliphatic rings. The fraction of sp³-hybridized carbons (Fsp3) is 0.333. The van der Waals surface area contributed by atoms with E-state index in [1.807, 2.05) is 18.2 Å². The molecular weight excluding hydrogens is 252 g/mol. The van der Waals surface area contributed by atoms with E-state index in [0.29, 0.717) is 0 Å². The summed E-state index contributed by atoms with van der Waals surface area (Å²) in [7, 11) is 0. The van der Waals surface area contributed by atoms with Crippen molar-refractivity contribution in [2.45, 2.75) is 25.7 Å². The van der Waals surface area contributed by atoms with E-state index in [9.17, 15) is 4.79 Å². The molecule has 0 unspecified atom stereocenters. The smallest absolute Gasteiger partial charge is 0.341 e. The van der Waals surface area contributed by atoms with Crippen LogP contribution in [0.3, 0.4) is 0 Å². The topological polar surface area (TPSA) is 72.9 Å². The molecule has 0 radical (unpaired) electrons. The maximum absolute atomic E-state index is 11.5. The molecule has 2 aromatic rings. The Kier molecular flexibility index (Phi) is 3.41. The second-order valence-corrected chi connectivity index (χ2v) is 5.07. The zero-order valence-electron chi connectivity index (χ0n) is 11.3. The first-order valence-electron chi connectivity index (χ1n) is 6.94. The van der Waals surface area contributed by atoms with Crippen molar-refractivity contribution < 1.29 is 4.79 Å². The van der Waals surface area contributed by atoms with Crippen molar-refractivity contribution in [3.63, 3.8) is 0 Å². The van der Waals surface area contributed by atoms with E-state index in [0.717, 1.165) is 49.3 Å². The maximum Gasteiger partial charge on any atom is 0.341 e. The molecule has 3 N–H and O–H groups in total. The maximum atomic E-state index is 11.5. The molecule has 1 aromatic heterocycles. The van der Waals surface area contributed by atoms with E-state index < -0.39 is 6.03 Å². The van der Waals surface area contributed by atoms with Gasteiger partial charge >= 0.3 is 6.03 Å². The predicted molar refractivity (Wildman–Crippen MR) is 77.9 cm³/mol. The molecule has 3 rings (SSSR count). The molecule has 0 saturated carbocycles. The van der Waals surface area contributed by atoms with Crippen molar-refractivity contribution in [2.75, 3.05) is 11.9 Å². The number of hydrogen-bond acceptors (Lipinski definition) is 3. The van der Waals surface area contributed by atoms with E-state index in [1.54, 1.807) is 0 Å². The summed E-state index contributed by atoms with van der Waals surface area (Å²) in [6.07, 6.45) is 3.87. The summed E-state index contributed by atoms with van der Waals surface area (Å²) in [5.41, 5.74) is 8.68. The Hall–Kier alpha value is -2.30. The molecule has 0 spiro atoms. The normalized spacial score (nSPS) is 14.2. The fourth-order valence-electron chi connectivity index (χ4n) is 2.66. The quantitative estimate of drug-likeness (QED) is 0.878. The van der Waals surface area contributed by atoms with Gasteiger partial charge in [0.2, 0.25) is 0 Å². The lowest BCUT2D eigenvalue weighted by Gasteiger charge is -2.04. The van der Waals surface area contributed by atoms with E-state index in [4.69, 9.17) is 5.73 Å². The number of nitrogens with two attached hydrogens (primary N) is 1. The van der Waals surface area contributed by atoms with Crippen LogP contribution < -0.4 is 11.1 Å². The molecule has 5 heteroatoms. The summed E-state index contributed by atoms with van der Waals surface area (Å²) in [6, 6.07) is 9.62. The molecule has 0 bridgehead atoms. The van der Waals surface area contributed by atoms with Gasteiger partial charge in [0.1, 0.15) is 5.82 Å². The number of nitrogens with zero attached hydrogens (tertiary/aromatic N) is 2. The zero-order chi connectivity index (χ0) is 13.9. The second-order valence-electron chi connectivity index (χ2n) is 5.07. The van der Waals surface area contributed by atoms with Gasteiger partial charge in [0.05, 0.1) is 5.69 Å². The number of carbonyl (C=O) groups excluding carboxylic acids is 1. The third-order valence-corrected chi connectivity index (χ3v) is 3.64. The first kappa shape index (κ1) is 12.7. The van der Waals surface area contributed by atoms with Gasteiger partial charge in [-0.2, -0.15) is 9.78 Å². The van der Waals surface area contributed by atoms with Crippen molar-refractivity contribution in [3.8, 4) is 0 Å². The number of aromatic nitrogens is 2. The molecule has 0 aliphatic carbocycles. The van der Waals surface area contributed by atoms with Crippen LogP contribution >= 0.6 is 0 Å². The number of benzene rings is 1. The Morgan fingerprint density at radius 3 is 2.85 bits per heavy atom. The largest absolute Gasteiger partial charge is 0.370 e. The number of hydrogen-bond donors (Lipinski definition) is 2. The van der Waals surface area contributed by atoms with Crippen LogP contribution in [-0.2, 0) is 12.8 Å². The number of primary amides is 1. The number of amides is 1. The van der Waals surface area contributed by atoms with Crippen molar-refractivity contribution in [1.29, 1.82) is 0 Å². The third kappa shape index (κ3) is 2.39. The van der Waals surface area contributed by atoms with Crippen LogP contribution in [0.25, 0.3) is 0 Å². The molecule has 2 heterocycles. The van der Waals surface area contributed by atoms with Crippen LogP contribution in [0.2, 0.25) is 0 Å². The minimum Gasteiger partial charge on any atom is -0.370 e. The molecule has 1 amide bonds. The van der Waals surface area contributed by atoms with Crippen molar-refractivity contribution in [3.05, 3.63) is 47.2 Å². The highest BCUT2D eigenvalue weighted by Crippen LogP contribution is 2.26. The minimum absolute atomic E-state index is 0.532. The number of anilines is 1. The average Bonchev–Trinajstić information content (AvgIpc) is 2.63. The highest BCUT2D eigenvalue weighted by molar-refractivity contribution is 5.79. The molecule has 0 saturated heterocycles. The Labute approximate surface area is 117 Å². The Balaban J connectivity index is 2.00. The predicted octanol–water partition coefficient (Wildman–Crippen LogP) is 2.15. The summed E-state index contributed by atoms with van der Waals surface area (Å²) < 4.78 is 1.30. The number of nitrogens with one attached hydrogen (secondary N) is 1. The van der Waals surface area contributed by atoms with E-state index in [2.05, 4.69) is 22.5 Å². The molecule has 1 aromatic carbocycles. The third-order valence-electron chi connectivity index (χ3n) is 3.64. The SMILES string of the molecule is NC(=O)n1nc(Cc2ccccc2)c2c1NCCCC2. The highest BCUT2D eigenvalue weighted by atomic mass is 16.2. The second kappa shape index (κ2) is 5.36. The fourth-order valence-corrected chi connectivity index (χ4v) is 2.66. The number of rotatable bonds is 2. The van der Waals surface area contributed by atoms with E-state index in [1.165, 1.54) is 10.2 Å². The summed E-state index contributed by atoms with van der Waals surface area (Å²) in [5.74, 6) is 0.779. The molecule has 20 heavy (non-hydrogen) atoms. The number of fused-ring (bicyclic) bond motifs is 1. The lowest BCUT2D eigenvalue weighted by molar-refractivity contribution is 0.248. The summed E-state index contributed by atoms with van der Waals surface area (Å²) in [5, 5.41) is 7.69. The van der Waals surface area contributed by atoms with Crippen LogP contribution in [0, 0.1) is 0 Å². The van der Waals surface area contributed by atoms with Crippen LogP contribution in [0.4, 0.5) is 10.6 Å². The Morgan fingerprint density at radius 1 is 1.30 bits per heavy atom. The lowest BCUT2D eigenvalue weighted by Crippen LogP contribution is -2.23. The molecule has 5 nitrogen and oxygen atoms in total. The van der Waals surface area contributed by atoms with Crippen LogP contribution in [-0.4, -0.2) is 22.4 Å². The Morgan fingerprint density at radius 2 is 2.10 bits per heavy atom. The highest BCUT2D eigenvalue weighted by Gasteiger charge is 2.21. The van der Waals surface area contributed by atoms with Gasteiger partial charge in [-0.05, 0) is 24.8 Å². The zero-order valence-corrected chi connectivity index (χ0v) is 11.3. The molecule has 104 valence electrons. The minimum atomic E-state index is -0.532. The molecule has 0 fully saturated rings. The van der Waals surface area contributed by atoms with Gasteiger partial charge in [-0.3, -0.25) is 0 Å². The lowest BCUT2D eigenvalue weighted by atomic mass is 10.0. The van der Waals surface area contributed by atoms with Crippen LogP contribution in [0.15, 0.2) is 30.3 Å². The van der Waals surface area contributed by atoms with Gasteiger partial charge in [0, 0.05) is 18.5 Å². The molecular formula is C15H18N4O. The number of carbonyl (C=O) groups is 1. The van der Waals surface area contributed by atoms with Gasteiger partial charge in [-0.25, -0.2) is 4.79 Å². The van der Waals surface area contributed by atoms with Gasteiger partial charge in [-0.1, -0.05) is 30.3 Å². The average molecular weight is 270 g/mol. The van der Waals surface area contributed by atoms with E-state index >= 15 is 0 Å². The van der Waals surface area contributed by atoms with Crippen LogP contribution in [0.1, 0.15) is 29.7 Å². The van der Waals surface area contributed by atoms with Crippen molar-refractivity contribution >= 4 is 11.8 Å². The van der Waals surface area contributed by atoms with Crippen molar-refractivity contribution in [1.82, 2.24) is 9.78 Å². The molecule has 1 aliphatic heterocycles. The monoisotopic (exact) mass is 270 g/mol. The first-order chi connectivity index (χ1) is 9.75. The van der Waals surface area contributed by atoms with Gasteiger partial charge < -0.3 is 11.1 Å². The summed E-state index contributed by atoms with van der Waals surface area (Å²) in [6.45, 7) is 0.858. The van der Waals surface area contributed by atoms with Crippen molar-refractivity contribution in [2.24, 2.45) is 5.73 Å². The standard InChI is InChI=1S/C15H18N4O/c16-15(20)19-14-12(8-4-5-9-17-14)13(18-19)10-11-6-2-1-3-7-11/h1-3,6-7,17H,4-5,8-10H2,(H2,16,20). The van der Waals surface area contributed by atoms with E-state index in [-0.39, 0.29) is 0 Å². The summed E-state index contributed by atoms with van der Waals surface area (Å²) in [4.78, 5) is 11.5.